The van der Waals surface area contributed by atoms with Crippen molar-refractivity contribution in [3.05, 3.63) is 101 Å². The molecule has 2 aromatic heterocycles. The number of fused-ring (bicyclic) bond motifs is 2. The minimum Gasteiger partial charge on any atom is -0.465 e. The maximum atomic E-state index is 13.3. The molecule has 0 amide bonds. The van der Waals surface area contributed by atoms with E-state index in [9.17, 15) is 9.18 Å². The van der Waals surface area contributed by atoms with E-state index in [1.54, 1.807) is 25.3 Å². The quantitative estimate of drug-likeness (QED) is 0.365. The number of nitrogens with zero attached hydrogens (tertiary/aromatic N) is 1. The number of hydrogen-bond acceptors (Lipinski definition) is 4. The molecule has 1 aliphatic rings. The summed E-state index contributed by atoms with van der Waals surface area (Å²) in [5.41, 5.74) is 4.79. The van der Waals surface area contributed by atoms with Gasteiger partial charge >= 0.3 is 5.97 Å². The normalized spacial score (nSPS) is 15.2. The van der Waals surface area contributed by atoms with Crippen LogP contribution in [-0.4, -0.2) is 11.0 Å². The van der Waals surface area contributed by atoms with Crippen molar-refractivity contribution in [1.29, 1.82) is 0 Å². The van der Waals surface area contributed by atoms with E-state index in [0.717, 1.165) is 45.5 Å². The highest BCUT2D eigenvalue weighted by atomic mass is 19.1. The standard InChI is InChI=1S/C26H20FNO3/c1-16(17-8-11-19(27)12-9-17)31-26(29)24-21-6-2-3-7-23(21)28-25-18(10-13-22(24)25)15-20-5-4-14-30-20/h2-9,11-12,14-16H,10,13H2,1H3/b18-15+/t16-/m0/s1. The lowest BCUT2D eigenvalue weighted by atomic mass is 10.0. The van der Waals surface area contributed by atoms with Crippen LogP contribution in [0, 0.1) is 5.82 Å². The van der Waals surface area contributed by atoms with E-state index in [1.807, 2.05) is 42.5 Å². The summed E-state index contributed by atoms with van der Waals surface area (Å²) >= 11 is 0. The first-order valence-corrected chi connectivity index (χ1v) is 10.2. The average Bonchev–Trinajstić information content (AvgIpc) is 3.43. The lowest BCUT2D eigenvalue weighted by molar-refractivity contribution is 0.0339. The Balaban J connectivity index is 1.56. The molecule has 0 saturated heterocycles. The van der Waals surface area contributed by atoms with Crippen molar-refractivity contribution < 1.29 is 18.3 Å². The zero-order chi connectivity index (χ0) is 21.4. The molecule has 4 nitrogen and oxygen atoms in total. The molecule has 31 heavy (non-hydrogen) atoms. The Bertz CT molecular complexity index is 1290. The van der Waals surface area contributed by atoms with Crippen LogP contribution in [0.25, 0.3) is 22.6 Å². The van der Waals surface area contributed by atoms with Crippen molar-refractivity contribution in [3.63, 3.8) is 0 Å². The number of ether oxygens (including phenoxy) is 1. The maximum absolute atomic E-state index is 13.3. The number of benzene rings is 2. The maximum Gasteiger partial charge on any atom is 0.339 e. The van der Waals surface area contributed by atoms with Gasteiger partial charge in [0.1, 0.15) is 17.7 Å². The second-order valence-electron chi connectivity index (χ2n) is 7.62. The lowest BCUT2D eigenvalue weighted by Crippen LogP contribution is -2.13. The first-order valence-electron chi connectivity index (χ1n) is 10.2. The molecule has 4 aromatic rings. The van der Waals surface area contributed by atoms with E-state index in [0.29, 0.717) is 12.0 Å². The summed E-state index contributed by atoms with van der Waals surface area (Å²) in [4.78, 5) is 18.2. The van der Waals surface area contributed by atoms with Crippen LogP contribution >= 0.6 is 0 Å². The van der Waals surface area contributed by atoms with E-state index in [4.69, 9.17) is 14.1 Å². The van der Waals surface area contributed by atoms with Gasteiger partial charge in [-0.2, -0.15) is 0 Å². The summed E-state index contributed by atoms with van der Waals surface area (Å²) in [5.74, 6) is 0.0360. The van der Waals surface area contributed by atoms with E-state index in [-0.39, 0.29) is 5.82 Å². The number of hydrogen-bond donors (Lipinski definition) is 0. The van der Waals surface area contributed by atoms with Crippen LogP contribution in [0.3, 0.4) is 0 Å². The molecule has 0 bridgehead atoms. The molecule has 1 aliphatic carbocycles. The Morgan fingerprint density at radius 2 is 1.90 bits per heavy atom. The highest BCUT2D eigenvalue weighted by molar-refractivity contribution is 6.07. The molecule has 0 N–H and O–H groups in total. The zero-order valence-corrected chi connectivity index (χ0v) is 17.0. The molecule has 0 fully saturated rings. The van der Waals surface area contributed by atoms with Crippen LogP contribution in [0.4, 0.5) is 4.39 Å². The van der Waals surface area contributed by atoms with Crippen molar-refractivity contribution in [2.45, 2.75) is 25.9 Å². The summed E-state index contributed by atoms with van der Waals surface area (Å²) in [5, 5.41) is 0.775. The number of aromatic nitrogens is 1. The fourth-order valence-electron chi connectivity index (χ4n) is 4.08. The van der Waals surface area contributed by atoms with E-state index >= 15 is 0 Å². The lowest BCUT2D eigenvalue weighted by Gasteiger charge is -2.17. The van der Waals surface area contributed by atoms with Gasteiger partial charge in [-0.25, -0.2) is 14.2 Å². The monoisotopic (exact) mass is 413 g/mol. The van der Waals surface area contributed by atoms with Gasteiger partial charge < -0.3 is 9.15 Å². The second-order valence-corrected chi connectivity index (χ2v) is 7.62. The molecule has 5 rings (SSSR count). The van der Waals surface area contributed by atoms with Gasteiger partial charge in [0, 0.05) is 5.39 Å². The third kappa shape index (κ3) is 3.63. The average molecular weight is 413 g/mol. The van der Waals surface area contributed by atoms with Crippen molar-refractivity contribution in [1.82, 2.24) is 4.98 Å². The number of allylic oxidation sites excluding steroid dienone is 1. The first-order chi connectivity index (χ1) is 15.1. The number of furan rings is 1. The van der Waals surface area contributed by atoms with Crippen molar-refractivity contribution >= 4 is 28.5 Å². The number of esters is 1. The van der Waals surface area contributed by atoms with Crippen LogP contribution in [0.5, 0.6) is 0 Å². The molecular weight excluding hydrogens is 393 g/mol. The second kappa shape index (κ2) is 7.84. The summed E-state index contributed by atoms with van der Waals surface area (Å²) in [6.07, 6.45) is 4.58. The van der Waals surface area contributed by atoms with Crippen LogP contribution in [-0.2, 0) is 11.2 Å². The molecule has 2 heterocycles. The zero-order valence-electron chi connectivity index (χ0n) is 17.0. The fraction of sp³-hybridized carbons (Fsp3) is 0.154. The third-order valence-electron chi connectivity index (χ3n) is 5.63. The SMILES string of the molecule is C[C@H](OC(=O)c1c2c(nc3ccccc13)/C(=C/c1ccco1)CC2)c1ccc(F)cc1. The third-order valence-corrected chi connectivity index (χ3v) is 5.63. The van der Waals surface area contributed by atoms with E-state index in [1.165, 1.54) is 12.1 Å². The molecule has 5 heteroatoms. The van der Waals surface area contributed by atoms with Crippen molar-refractivity contribution in [2.75, 3.05) is 0 Å². The number of halogens is 1. The highest BCUT2D eigenvalue weighted by Crippen LogP contribution is 2.38. The molecule has 2 aromatic carbocycles. The largest absolute Gasteiger partial charge is 0.465 e. The fourth-order valence-corrected chi connectivity index (χ4v) is 4.08. The van der Waals surface area contributed by atoms with Gasteiger partial charge in [-0.05, 0) is 72.9 Å². The molecule has 0 spiro atoms. The van der Waals surface area contributed by atoms with Crippen LogP contribution in [0.1, 0.15) is 52.4 Å². The molecule has 0 saturated carbocycles. The Morgan fingerprint density at radius 3 is 2.68 bits per heavy atom. The summed E-state index contributed by atoms with van der Waals surface area (Å²) in [6.45, 7) is 1.79. The van der Waals surface area contributed by atoms with Gasteiger partial charge in [-0.15, -0.1) is 0 Å². The summed E-state index contributed by atoms with van der Waals surface area (Å²) in [7, 11) is 0. The van der Waals surface area contributed by atoms with Crippen LogP contribution in [0.2, 0.25) is 0 Å². The number of para-hydroxylation sites is 1. The van der Waals surface area contributed by atoms with Crippen LogP contribution < -0.4 is 0 Å². The van der Waals surface area contributed by atoms with Crippen LogP contribution in [0.15, 0.2) is 71.3 Å². The molecule has 0 aliphatic heterocycles. The number of carbonyl (C=O) groups excluding carboxylic acids is 1. The minimum atomic E-state index is -0.504. The van der Waals surface area contributed by atoms with Crippen molar-refractivity contribution in [2.24, 2.45) is 0 Å². The minimum absolute atomic E-state index is 0.323. The van der Waals surface area contributed by atoms with Gasteiger partial charge in [0.15, 0.2) is 0 Å². The first kappa shape index (κ1) is 19.2. The van der Waals surface area contributed by atoms with Gasteiger partial charge in [0.05, 0.1) is 23.0 Å². The number of pyridine rings is 1. The highest BCUT2D eigenvalue weighted by Gasteiger charge is 2.28. The van der Waals surface area contributed by atoms with Gasteiger partial charge in [-0.3, -0.25) is 0 Å². The Kier molecular flexibility index (Phi) is 4.86. The smallest absolute Gasteiger partial charge is 0.339 e. The van der Waals surface area contributed by atoms with Gasteiger partial charge in [0.2, 0.25) is 0 Å². The molecule has 0 unspecified atom stereocenters. The summed E-state index contributed by atoms with van der Waals surface area (Å²) < 4.78 is 24.5. The molecule has 0 radical (unpaired) electrons. The molecular formula is C26H20FNO3. The molecule has 1 atom stereocenters. The Labute approximate surface area is 179 Å². The van der Waals surface area contributed by atoms with E-state index in [2.05, 4.69) is 0 Å². The van der Waals surface area contributed by atoms with Gasteiger partial charge in [0.25, 0.3) is 0 Å². The summed E-state index contributed by atoms with van der Waals surface area (Å²) in [6, 6.07) is 17.3. The number of carbonyl (C=O) groups is 1. The Hall–Kier alpha value is -3.73. The number of rotatable bonds is 4. The van der Waals surface area contributed by atoms with E-state index < -0.39 is 12.1 Å². The Morgan fingerprint density at radius 1 is 1.10 bits per heavy atom. The predicted octanol–water partition coefficient (Wildman–Crippen LogP) is 6.37. The van der Waals surface area contributed by atoms with Gasteiger partial charge in [-0.1, -0.05) is 30.3 Å². The molecule has 154 valence electrons. The van der Waals surface area contributed by atoms with Crippen molar-refractivity contribution in [3.8, 4) is 0 Å². The topological polar surface area (TPSA) is 52.3 Å². The predicted molar refractivity (Wildman–Crippen MR) is 117 cm³/mol.